The minimum Gasteiger partial charge on any atom is -0.495 e. The van der Waals surface area contributed by atoms with Crippen LogP contribution in [0.1, 0.15) is 5.56 Å². The molecule has 0 atom stereocenters. The zero-order valence-corrected chi connectivity index (χ0v) is 15.1. The molecule has 0 saturated carbocycles. The van der Waals surface area contributed by atoms with E-state index in [1.54, 1.807) is 12.1 Å². The van der Waals surface area contributed by atoms with Crippen LogP contribution in [-0.2, 0) is 9.59 Å². The van der Waals surface area contributed by atoms with Gasteiger partial charge < -0.3 is 10.1 Å². The van der Waals surface area contributed by atoms with Gasteiger partial charge in [0.1, 0.15) is 16.5 Å². The van der Waals surface area contributed by atoms with Crippen molar-refractivity contribution >= 4 is 40.5 Å². The summed E-state index contributed by atoms with van der Waals surface area (Å²) in [5, 5.41) is 13.5. The number of non-ortho nitro benzene ring substituents is 1. The van der Waals surface area contributed by atoms with Crippen molar-refractivity contribution in [3.05, 3.63) is 68.9 Å². The van der Waals surface area contributed by atoms with Crippen LogP contribution in [0.4, 0.5) is 17.1 Å². The monoisotopic (exact) mass is 387 g/mol. The van der Waals surface area contributed by atoms with Gasteiger partial charge in [-0.2, -0.15) is 0 Å². The molecular formula is C18H14ClN3O5. The molecule has 1 aliphatic rings. The molecule has 1 aliphatic heterocycles. The van der Waals surface area contributed by atoms with Crippen LogP contribution in [0.5, 0.6) is 5.75 Å². The predicted octanol–water partition coefficient (Wildman–Crippen LogP) is 3.35. The number of nitro groups is 1. The fraction of sp³-hybridized carbons (Fsp3) is 0.111. The summed E-state index contributed by atoms with van der Waals surface area (Å²) in [5.41, 5.74) is 1.06. The van der Waals surface area contributed by atoms with E-state index in [0.29, 0.717) is 11.4 Å². The number of benzene rings is 2. The zero-order chi connectivity index (χ0) is 19.7. The number of carbonyl (C=O) groups excluding carboxylic acids is 2. The summed E-state index contributed by atoms with van der Waals surface area (Å²) >= 11 is 6.09. The molecule has 0 radical (unpaired) electrons. The third-order valence-electron chi connectivity index (χ3n) is 3.94. The van der Waals surface area contributed by atoms with E-state index in [2.05, 4.69) is 5.32 Å². The summed E-state index contributed by atoms with van der Waals surface area (Å²) in [6.07, 6.45) is 0. The number of methoxy groups -OCH3 is 1. The number of anilines is 2. The number of ether oxygens (including phenoxy) is 1. The van der Waals surface area contributed by atoms with Gasteiger partial charge in [-0.1, -0.05) is 23.7 Å². The van der Waals surface area contributed by atoms with E-state index < -0.39 is 16.7 Å². The maximum Gasteiger partial charge on any atom is 0.283 e. The smallest absolute Gasteiger partial charge is 0.283 e. The number of amides is 2. The lowest BCUT2D eigenvalue weighted by molar-refractivity contribution is -0.384. The highest BCUT2D eigenvalue weighted by atomic mass is 35.5. The Balaban J connectivity index is 1.97. The van der Waals surface area contributed by atoms with Crippen molar-refractivity contribution in [3.63, 3.8) is 0 Å². The van der Waals surface area contributed by atoms with Gasteiger partial charge in [-0.25, -0.2) is 4.90 Å². The Morgan fingerprint density at radius 3 is 2.56 bits per heavy atom. The van der Waals surface area contributed by atoms with Crippen LogP contribution in [0.25, 0.3) is 0 Å². The van der Waals surface area contributed by atoms with Gasteiger partial charge in [-0.05, 0) is 30.7 Å². The summed E-state index contributed by atoms with van der Waals surface area (Å²) in [6, 6.07) is 10.5. The van der Waals surface area contributed by atoms with Crippen molar-refractivity contribution in [1.29, 1.82) is 0 Å². The summed E-state index contributed by atoms with van der Waals surface area (Å²) in [7, 11) is 1.48. The van der Waals surface area contributed by atoms with Gasteiger partial charge in [0.25, 0.3) is 17.5 Å². The van der Waals surface area contributed by atoms with Gasteiger partial charge in [-0.3, -0.25) is 19.7 Å². The number of hydrogen-bond donors (Lipinski definition) is 1. The lowest BCUT2D eigenvalue weighted by atomic mass is 10.2. The number of nitro benzene ring substituents is 1. The molecule has 0 aliphatic carbocycles. The van der Waals surface area contributed by atoms with Gasteiger partial charge in [0.2, 0.25) is 0 Å². The quantitative estimate of drug-likeness (QED) is 0.479. The van der Waals surface area contributed by atoms with Crippen LogP contribution in [-0.4, -0.2) is 23.8 Å². The zero-order valence-electron chi connectivity index (χ0n) is 14.4. The molecule has 8 nitrogen and oxygen atoms in total. The first-order valence-electron chi connectivity index (χ1n) is 7.78. The largest absolute Gasteiger partial charge is 0.495 e. The molecule has 0 unspecified atom stereocenters. The van der Waals surface area contributed by atoms with Crippen molar-refractivity contribution in [2.24, 2.45) is 0 Å². The Kier molecular flexibility index (Phi) is 4.83. The number of hydrogen-bond acceptors (Lipinski definition) is 6. The summed E-state index contributed by atoms with van der Waals surface area (Å²) in [4.78, 5) is 36.4. The molecule has 138 valence electrons. The maximum atomic E-state index is 12.8. The normalized spacial score (nSPS) is 14.0. The van der Waals surface area contributed by atoms with Gasteiger partial charge in [0, 0.05) is 12.1 Å². The van der Waals surface area contributed by atoms with Gasteiger partial charge >= 0.3 is 0 Å². The topological polar surface area (TPSA) is 102 Å². The average Bonchev–Trinajstić information content (AvgIpc) is 2.85. The fourth-order valence-electron chi connectivity index (χ4n) is 2.65. The second-order valence-corrected chi connectivity index (χ2v) is 6.12. The highest BCUT2D eigenvalue weighted by Crippen LogP contribution is 2.34. The molecule has 1 heterocycles. The Morgan fingerprint density at radius 1 is 1.15 bits per heavy atom. The van der Waals surface area contributed by atoms with Crippen molar-refractivity contribution in [2.75, 3.05) is 17.3 Å². The lowest BCUT2D eigenvalue weighted by Crippen LogP contribution is -2.32. The highest BCUT2D eigenvalue weighted by molar-refractivity contribution is 6.53. The lowest BCUT2D eigenvalue weighted by Gasteiger charge is -2.16. The maximum absolute atomic E-state index is 12.8. The van der Waals surface area contributed by atoms with Crippen molar-refractivity contribution in [2.45, 2.75) is 6.92 Å². The third-order valence-corrected chi connectivity index (χ3v) is 4.29. The van der Waals surface area contributed by atoms with E-state index in [-0.39, 0.29) is 22.1 Å². The molecule has 0 bridgehead atoms. The number of aryl methyl sites for hydroxylation is 1. The summed E-state index contributed by atoms with van der Waals surface area (Å²) in [6.45, 7) is 1.86. The molecule has 3 rings (SSSR count). The first kappa shape index (κ1) is 18.4. The van der Waals surface area contributed by atoms with Crippen LogP contribution >= 0.6 is 11.6 Å². The molecular weight excluding hydrogens is 374 g/mol. The highest BCUT2D eigenvalue weighted by Gasteiger charge is 2.39. The van der Waals surface area contributed by atoms with E-state index in [1.807, 2.05) is 13.0 Å². The number of halogens is 1. The average molecular weight is 388 g/mol. The Hall–Kier alpha value is -3.39. The van der Waals surface area contributed by atoms with E-state index in [4.69, 9.17) is 16.3 Å². The first-order chi connectivity index (χ1) is 12.8. The number of nitrogens with one attached hydrogen (secondary N) is 1. The van der Waals surface area contributed by atoms with Gasteiger partial charge in [0.15, 0.2) is 0 Å². The van der Waals surface area contributed by atoms with E-state index >= 15 is 0 Å². The van der Waals surface area contributed by atoms with Crippen molar-refractivity contribution in [3.8, 4) is 5.75 Å². The minimum atomic E-state index is -0.767. The number of carbonyl (C=O) groups is 2. The van der Waals surface area contributed by atoms with Crippen molar-refractivity contribution < 1.29 is 19.2 Å². The Labute approximate surface area is 159 Å². The summed E-state index contributed by atoms with van der Waals surface area (Å²) < 4.78 is 5.25. The number of imide groups is 1. The first-order valence-corrected chi connectivity index (χ1v) is 8.16. The van der Waals surface area contributed by atoms with Crippen LogP contribution in [0.15, 0.2) is 53.2 Å². The minimum absolute atomic E-state index is 0.0605. The number of nitrogens with zero attached hydrogens (tertiary/aromatic N) is 2. The predicted molar refractivity (Wildman–Crippen MR) is 99.8 cm³/mol. The summed E-state index contributed by atoms with van der Waals surface area (Å²) in [5.74, 6) is -1.02. The SMILES string of the molecule is COc1ccc(C)cc1NC1=C(Cl)C(=O)N(c2cccc([N+](=O)[O-])c2)C1=O. The molecule has 2 aromatic carbocycles. The molecule has 0 saturated heterocycles. The molecule has 0 aromatic heterocycles. The molecule has 2 amide bonds. The van der Waals surface area contributed by atoms with E-state index in [1.165, 1.54) is 25.3 Å². The van der Waals surface area contributed by atoms with Crippen molar-refractivity contribution in [1.82, 2.24) is 0 Å². The second-order valence-electron chi connectivity index (χ2n) is 5.74. The molecule has 0 fully saturated rings. The molecule has 1 N–H and O–H groups in total. The standard InChI is InChI=1S/C18H14ClN3O5/c1-10-6-7-14(27-2)13(8-10)20-16-15(19)17(23)21(18(16)24)11-4-3-5-12(9-11)22(25)26/h3-9,20H,1-2H3. The fourth-order valence-corrected chi connectivity index (χ4v) is 2.86. The second kappa shape index (κ2) is 7.08. The van der Waals surface area contributed by atoms with E-state index in [9.17, 15) is 19.7 Å². The van der Waals surface area contributed by atoms with E-state index in [0.717, 1.165) is 16.5 Å². The molecule has 27 heavy (non-hydrogen) atoms. The third kappa shape index (κ3) is 3.34. The van der Waals surface area contributed by atoms with Crippen LogP contribution in [0.3, 0.4) is 0 Å². The van der Waals surface area contributed by atoms with Crippen LogP contribution in [0.2, 0.25) is 0 Å². The number of rotatable bonds is 5. The molecule has 0 spiro atoms. The van der Waals surface area contributed by atoms with Gasteiger partial charge in [-0.15, -0.1) is 0 Å². The molecule has 2 aromatic rings. The Morgan fingerprint density at radius 2 is 1.89 bits per heavy atom. The van der Waals surface area contributed by atoms with Crippen LogP contribution in [0, 0.1) is 17.0 Å². The molecule has 9 heteroatoms. The Bertz CT molecular complexity index is 1000. The van der Waals surface area contributed by atoms with Crippen LogP contribution < -0.4 is 15.0 Å². The van der Waals surface area contributed by atoms with Gasteiger partial charge in [0.05, 0.1) is 23.4 Å².